The summed E-state index contributed by atoms with van der Waals surface area (Å²) in [6.07, 6.45) is 1.80. The van der Waals surface area contributed by atoms with Crippen LogP contribution in [0.1, 0.15) is 11.1 Å². The topological polar surface area (TPSA) is 114 Å². The molecule has 7 heteroatoms. The molecule has 0 aliphatic heterocycles. The molecule has 0 amide bonds. The number of thiophene rings is 1. The number of hydrogen-bond acceptors (Lipinski definition) is 5. The van der Waals surface area contributed by atoms with E-state index in [4.69, 9.17) is 17.2 Å². The van der Waals surface area contributed by atoms with E-state index in [1.807, 2.05) is 11.3 Å². The quantitative estimate of drug-likeness (QED) is 0.141. The number of nitrogens with zero attached hydrogens (tertiary/aromatic N) is 1. The van der Waals surface area contributed by atoms with E-state index in [2.05, 4.69) is 76.3 Å². The second-order valence-electron chi connectivity index (χ2n) is 7.00. The van der Waals surface area contributed by atoms with E-state index in [1.165, 1.54) is 32.0 Å². The molecule has 3 rings (SSSR count). The van der Waals surface area contributed by atoms with Crippen molar-refractivity contribution in [1.82, 2.24) is 10.6 Å². The summed E-state index contributed by atoms with van der Waals surface area (Å²) in [5.74, 6) is 0.138. The fourth-order valence-corrected chi connectivity index (χ4v) is 4.20. The predicted molar refractivity (Wildman–Crippen MR) is 128 cm³/mol. The summed E-state index contributed by atoms with van der Waals surface area (Å²) in [5.41, 5.74) is 21.3. The standard InChI is InChI=1S/C23H30N6S/c24-15-28-16-27-11-9-17-3-1-5-19(13-17)21-7-8-22(30-21)20-6-2-4-18(14-20)10-12-29-23(25)26/h1-8,13-14,27-28H,9-12,15-16,24H2,(H4,25,26,29). The molecular formula is C23H30N6S. The van der Waals surface area contributed by atoms with Crippen LogP contribution in [-0.4, -0.2) is 32.4 Å². The highest BCUT2D eigenvalue weighted by atomic mass is 32.1. The van der Waals surface area contributed by atoms with Crippen molar-refractivity contribution < 1.29 is 0 Å². The van der Waals surface area contributed by atoms with Crippen LogP contribution in [0, 0.1) is 0 Å². The first kappa shape index (κ1) is 22.0. The highest BCUT2D eigenvalue weighted by molar-refractivity contribution is 7.18. The molecule has 0 spiro atoms. The molecule has 158 valence electrons. The van der Waals surface area contributed by atoms with Gasteiger partial charge in [0.15, 0.2) is 5.96 Å². The Morgan fingerprint density at radius 3 is 2.07 bits per heavy atom. The molecule has 8 N–H and O–H groups in total. The third-order valence-electron chi connectivity index (χ3n) is 4.71. The van der Waals surface area contributed by atoms with E-state index >= 15 is 0 Å². The summed E-state index contributed by atoms with van der Waals surface area (Å²) < 4.78 is 0. The van der Waals surface area contributed by atoms with Gasteiger partial charge in [-0.15, -0.1) is 11.3 Å². The van der Waals surface area contributed by atoms with Gasteiger partial charge in [-0.1, -0.05) is 48.5 Å². The zero-order valence-corrected chi connectivity index (χ0v) is 17.9. The Labute approximate surface area is 182 Å². The van der Waals surface area contributed by atoms with Gasteiger partial charge in [-0.2, -0.15) is 0 Å². The second kappa shape index (κ2) is 11.5. The summed E-state index contributed by atoms with van der Waals surface area (Å²) in [5, 5.41) is 6.40. The van der Waals surface area contributed by atoms with Crippen molar-refractivity contribution >= 4 is 17.3 Å². The first-order valence-electron chi connectivity index (χ1n) is 10.1. The maximum atomic E-state index is 5.43. The van der Waals surface area contributed by atoms with Gasteiger partial charge in [-0.05, 0) is 47.2 Å². The van der Waals surface area contributed by atoms with Gasteiger partial charge in [0.2, 0.25) is 0 Å². The fraction of sp³-hybridized carbons (Fsp3) is 0.261. The van der Waals surface area contributed by atoms with E-state index in [9.17, 15) is 0 Å². The largest absolute Gasteiger partial charge is 0.370 e. The third kappa shape index (κ3) is 6.67. The minimum Gasteiger partial charge on any atom is -0.370 e. The zero-order valence-electron chi connectivity index (χ0n) is 17.1. The van der Waals surface area contributed by atoms with E-state index in [0.717, 1.165) is 26.1 Å². The van der Waals surface area contributed by atoms with Crippen LogP contribution in [0.15, 0.2) is 65.7 Å². The summed E-state index contributed by atoms with van der Waals surface area (Å²) in [6, 6.07) is 21.7. The molecule has 0 atom stereocenters. The van der Waals surface area contributed by atoms with Gasteiger partial charge in [0.25, 0.3) is 0 Å². The van der Waals surface area contributed by atoms with Crippen LogP contribution in [0.25, 0.3) is 20.9 Å². The van der Waals surface area contributed by atoms with Crippen LogP contribution in [0.4, 0.5) is 0 Å². The molecule has 2 aromatic carbocycles. The molecular weight excluding hydrogens is 392 g/mol. The van der Waals surface area contributed by atoms with E-state index in [1.54, 1.807) is 0 Å². The number of rotatable bonds is 11. The van der Waals surface area contributed by atoms with Crippen LogP contribution < -0.4 is 27.8 Å². The molecule has 0 saturated carbocycles. The Kier molecular flexibility index (Phi) is 8.41. The zero-order chi connectivity index (χ0) is 21.2. The van der Waals surface area contributed by atoms with Crippen molar-refractivity contribution in [3.05, 3.63) is 71.8 Å². The van der Waals surface area contributed by atoms with Crippen molar-refractivity contribution in [2.75, 3.05) is 26.4 Å². The molecule has 1 aromatic heterocycles. The average Bonchev–Trinajstić information content (AvgIpc) is 3.24. The lowest BCUT2D eigenvalue weighted by Gasteiger charge is -2.06. The molecule has 30 heavy (non-hydrogen) atoms. The summed E-state index contributed by atoms with van der Waals surface area (Å²) in [4.78, 5) is 6.60. The van der Waals surface area contributed by atoms with Crippen LogP contribution in [-0.2, 0) is 12.8 Å². The van der Waals surface area contributed by atoms with Gasteiger partial charge < -0.3 is 22.5 Å². The molecule has 0 bridgehead atoms. The lowest BCUT2D eigenvalue weighted by molar-refractivity contribution is 0.592. The highest BCUT2D eigenvalue weighted by Gasteiger charge is 2.07. The van der Waals surface area contributed by atoms with E-state index in [0.29, 0.717) is 13.2 Å². The molecule has 3 aromatic rings. The van der Waals surface area contributed by atoms with Crippen LogP contribution in [0.2, 0.25) is 0 Å². The number of aliphatic imine (C=N–C) groups is 1. The normalized spacial score (nSPS) is 10.8. The number of nitrogens with one attached hydrogen (secondary N) is 2. The second-order valence-corrected chi connectivity index (χ2v) is 8.09. The van der Waals surface area contributed by atoms with Gasteiger partial charge in [0, 0.05) is 36.2 Å². The minimum absolute atomic E-state index is 0.138. The maximum Gasteiger partial charge on any atom is 0.185 e. The smallest absolute Gasteiger partial charge is 0.185 e. The summed E-state index contributed by atoms with van der Waals surface area (Å²) in [7, 11) is 0. The van der Waals surface area contributed by atoms with Crippen molar-refractivity contribution in [3.8, 4) is 20.9 Å². The van der Waals surface area contributed by atoms with Crippen LogP contribution in [0.3, 0.4) is 0 Å². The fourth-order valence-electron chi connectivity index (χ4n) is 3.20. The van der Waals surface area contributed by atoms with Crippen LogP contribution in [0.5, 0.6) is 0 Å². The van der Waals surface area contributed by atoms with Crippen molar-refractivity contribution in [2.24, 2.45) is 22.2 Å². The van der Waals surface area contributed by atoms with Crippen molar-refractivity contribution in [1.29, 1.82) is 0 Å². The Bertz CT molecular complexity index is 962. The number of benzene rings is 2. The predicted octanol–water partition coefficient (Wildman–Crippen LogP) is 2.49. The van der Waals surface area contributed by atoms with Gasteiger partial charge in [0.05, 0.1) is 0 Å². The number of guanidine groups is 1. The Balaban J connectivity index is 1.66. The number of hydrogen-bond donors (Lipinski definition) is 5. The van der Waals surface area contributed by atoms with Crippen molar-refractivity contribution in [3.63, 3.8) is 0 Å². The van der Waals surface area contributed by atoms with E-state index in [-0.39, 0.29) is 5.96 Å². The SMILES string of the molecule is NCNCNCCc1cccc(-c2ccc(-c3cccc(CCN=C(N)N)c3)s2)c1. The Hall–Kier alpha value is -2.71. The molecule has 0 unspecified atom stereocenters. The first-order valence-corrected chi connectivity index (χ1v) is 10.9. The average molecular weight is 423 g/mol. The lowest BCUT2D eigenvalue weighted by Crippen LogP contribution is -2.33. The summed E-state index contributed by atoms with van der Waals surface area (Å²) >= 11 is 1.81. The minimum atomic E-state index is 0.138. The molecule has 0 radical (unpaired) electrons. The van der Waals surface area contributed by atoms with Gasteiger partial charge >= 0.3 is 0 Å². The van der Waals surface area contributed by atoms with Crippen molar-refractivity contribution in [2.45, 2.75) is 12.8 Å². The first-order chi connectivity index (χ1) is 14.7. The van der Waals surface area contributed by atoms with Crippen LogP contribution >= 0.6 is 11.3 Å². The Morgan fingerprint density at radius 1 is 0.833 bits per heavy atom. The molecule has 0 fully saturated rings. The monoisotopic (exact) mass is 422 g/mol. The van der Waals surface area contributed by atoms with E-state index < -0.39 is 0 Å². The lowest BCUT2D eigenvalue weighted by atomic mass is 10.1. The molecule has 1 heterocycles. The van der Waals surface area contributed by atoms with Gasteiger partial charge in [-0.25, -0.2) is 0 Å². The highest BCUT2D eigenvalue weighted by Crippen LogP contribution is 2.35. The summed E-state index contributed by atoms with van der Waals surface area (Å²) in [6.45, 7) is 2.74. The van der Waals surface area contributed by atoms with Gasteiger partial charge in [0.1, 0.15) is 0 Å². The molecule has 6 nitrogen and oxygen atoms in total. The Morgan fingerprint density at radius 2 is 1.47 bits per heavy atom. The van der Waals surface area contributed by atoms with Gasteiger partial charge in [-0.3, -0.25) is 10.3 Å². The number of nitrogens with two attached hydrogens (primary N) is 3. The molecule has 0 aliphatic rings. The molecule has 0 saturated heterocycles. The third-order valence-corrected chi connectivity index (χ3v) is 5.89. The maximum absolute atomic E-state index is 5.43. The molecule has 0 aliphatic carbocycles.